The van der Waals surface area contributed by atoms with Crippen LogP contribution in [0.2, 0.25) is 5.02 Å². The first-order valence-corrected chi connectivity index (χ1v) is 13.2. The van der Waals surface area contributed by atoms with Crippen LogP contribution in [0.5, 0.6) is 0 Å². The molecule has 2 aliphatic rings. The van der Waals surface area contributed by atoms with Gasteiger partial charge in [-0.3, -0.25) is 24.0 Å². The lowest BCUT2D eigenvalue weighted by Gasteiger charge is -2.44. The van der Waals surface area contributed by atoms with Gasteiger partial charge in [-0.05, 0) is 56.5 Å². The highest BCUT2D eigenvalue weighted by Crippen LogP contribution is 2.30. The van der Waals surface area contributed by atoms with E-state index in [-0.39, 0.29) is 40.0 Å². The molecule has 2 atom stereocenters. The fraction of sp³-hybridized carbons (Fsp3) is 0.393. The van der Waals surface area contributed by atoms with Crippen LogP contribution < -0.4 is 5.84 Å². The molecule has 0 aliphatic carbocycles. The number of carbonyl (C=O) groups is 3. The number of nitrogen functional groups attached to an aromatic ring is 1. The van der Waals surface area contributed by atoms with Crippen LogP contribution in [0.25, 0.3) is 10.9 Å². The smallest absolute Gasteiger partial charge is 0.295 e. The molecule has 0 bridgehead atoms. The third kappa shape index (κ3) is 4.88. The van der Waals surface area contributed by atoms with Gasteiger partial charge in [-0.25, -0.2) is 4.39 Å². The number of likely N-dealkylation sites (tertiary alicyclic amines) is 1. The monoisotopic (exact) mass is 539 g/mol. The lowest BCUT2D eigenvalue weighted by Crippen LogP contribution is -2.57. The first kappa shape index (κ1) is 26.2. The molecule has 1 aromatic heterocycles. The highest BCUT2D eigenvalue weighted by atomic mass is 35.5. The summed E-state index contributed by atoms with van der Waals surface area (Å²) < 4.78 is 14.6. The van der Waals surface area contributed by atoms with E-state index in [1.165, 1.54) is 23.0 Å². The molecule has 0 spiro atoms. The Balaban J connectivity index is 1.39. The minimum absolute atomic E-state index is 0.0584. The predicted octanol–water partition coefficient (Wildman–Crippen LogP) is 3.69. The molecule has 8 nitrogen and oxygen atoms in total. The van der Waals surface area contributed by atoms with Crippen molar-refractivity contribution < 1.29 is 18.8 Å². The number of piperazine rings is 1. The van der Waals surface area contributed by atoms with Crippen LogP contribution in [0.15, 0.2) is 42.6 Å². The number of ketones is 1. The zero-order valence-electron chi connectivity index (χ0n) is 21.5. The number of halogens is 2. The summed E-state index contributed by atoms with van der Waals surface area (Å²) >= 11 is 6.56. The minimum atomic E-state index is -0.641. The summed E-state index contributed by atoms with van der Waals surface area (Å²) in [5.74, 6) is 4.38. The zero-order chi connectivity index (χ0) is 27.1. The van der Waals surface area contributed by atoms with Gasteiger partial charge in [-0.15, -0.1) is 0 Å². The molecule has 10 heteroatoms. The van der Waals surface area contributed by atoms with Gasteiger partial charge in [0.2, 0.25) is 0 Å². The van der Waals surface area contributed by atoms with Gasteiger partial charge in [0.25, 0.3) is 17.6 Å². The Labute approximate surface area is 225 Å². The lowest BCUT2D eigenvalue weighted by molar-refractivity contribution is -0.125. The maximum Gasteiger partial charge on any atom is 0.295 e. The van der Waals surface area contributed by atoms with Crippen molar-refractivity contribution in [1.82, 2.24) is 19.4 Å². The Kier molecular flexibility index (Phi) is 7.15. The van der Waals surface area contributed by atoms with E-state index in [4.69, 9.17) is 17.4 Å². The van der Waals surface area contributed by atoms with Crippen molar-refractivity contribution in [3.8, 4) is 0 Å². The number of amides is 2. The minimum Gasteiger partial charge on any atom is -0.339 e. The van der Waals surface area contributed by atoms with Crippen LogP contribution in [0.1, 0.15) is 53.0 Å². The van der Waals surface area contributed by atoms with Crippen LogP contribution >= 0.6 is 11.6 Å². The Bertz CT molecular complexity index is 1400. The van der Waals surface area contributed by atoms with E-state index in [1.807, 2.05) is 6.92 Å². The fourth-order valence-electron chi connectivity index (χ4n) is 5.47. The van der Waals surface area contributed by atoms with Crippen molar-refractivity contribution in [2.45, 2.75) is 45.3 Å². The molecule has 5 rings (SSSR count). The molecular weight excluding hydrogens is 509 g/mol. The largest absolute Gasteiger partial charge is 0.339 e. The summed E-state index contributed by atoms with van der Waals surface area (Å²) in [6.07, 6.45) is 3.17. The summed E-state index contributed by atoms with van der Waals surface area (Å²) in [6, 6.07) is 9.55. The second-order valence-corrected chi connectivity index (χ2v) is 10.7. The first-order chi connectivity index (χ1) is 18.1. The van der Waals surface area contributed by atoms with Gasteiger partial charge >= 0.3 is 0 Å². The van der Waals surface area contributed by atoms with Crippen molar-refractivity contribution in [2.75, 3.05) is 32.0 Å². The van der Waals surface area contributed by atoms with Crippen LogP contribution in [0.4, 0.5) is 4.39 Å². The van der Waals surface area contributed by atoms with Crippen LogP contribution in [0.3, 0.4) is 0 Å². The summed E-state index contributed by atoms with van der Waals surface area (Å²) in [4.78, 5) is 45.2. The number of nitrogens with two attached hydrogens (primary N) is 1. The molecule has 3 aromatic rings. The first-order valence-electron chi connectivity index (χ1n) is 12.9. The molecule has 3 heterocycles. The number of aromatic nitrogens is 1. The molecule has 0 radical (unpaired) electrons. The number of carbonyl (C=O) groups excluding carboxylic acids is 3. The number of benzene rings is 2. The van der Waals surface area contributed by atoms with E-state index in [0.717, 1.165) is 18.4 Å². The maximum absolute atomic E-state index is 13.7. The third-order valence-corrected chi connectivity index (χ3v) is 7.97. The SMILES string of the molecule is C[C@@H]1CN(Cc2ccc(F)cc2)[C@@H](C)CN1C(=O)c1cc2c(C(=O)C(=O)N3CCCC3)cn(N)c2cc1Cl. The molecule has 2 aromatic carbocycles. The normalized spacial score (nSPS) is 20.3. The van der Waals surface area contributed by atoms with E-state index in [1.54, 1.807) is 34.1 Å². The third-order valence-electron chi connectivity index (χ3n) is 7.66. The van der Waals surface area contributed by atoms with Gasteiger partial charge < -0.3 is 15.6 Å². The van der Waals surface area contributed by atoms with Gasteiger partial charge in [0.05, 0.1) is 21.7 Å². The molecule has 2 saturated heterocycles. The van der Waals surface area contributed by atoms with Crippen molar-refractivity contribution in [3.05, 3.63) is 70.1 Å². The predicted molar refractivity (Wildman–Crippen MR) is 144 cm³/mol. The fourth-order valence-corrected chi connectivity index (χ4v) is 5.71. The number of Topliss-reactive ketones (excluding diaryl/α,β-unsaturated/α-hetero) is 1. The van der Waals surface area contributed by atoms with Crippen molar-refractivity contribution in [2.24, 2.45) is 0 Å². The molecule has 2 fully saturated rings. The summed E-state index contributed by atoms with van der Waals surface area (Å²) in [7, 11) is 0. The number of hydrogen-bond donors (Lipinski definition) is 1. The topological polar surface area (TPSA) is 91.9 Å². The number of nitrogens with zero attached hydrogens (tertiary/aromatic N) is 4. The molecule has 0 saturated carbocycles. The van der Waals surface area contributed by atoms with Gasteiger partial charge in [0.1, 0.15) is 5.82 Å². The van der Waals surface area contributed by atoms with E-state index in [2.05, 4.69) is 11.8 Å². The summed E-state index contributed by atoms with van der Waals surface area (Å²) in [5.41, 5.74) is 1.90. The second kappa shape index (κ2) is 10.4. The van der Waals surface area contributed by atoms with Gasteiger partial charge in [-0.2, -0.15) is 0 Å². The molecule has 2 N–H and O–H groups in total. The van der Waals surface area contributed by atoms with Crippen molar-refractivity contribution in [3.63, 3.8) is 0 Å². The summed E-state index contributed by atoms with van der Waals surface area (Å²) in [5, 5.41) is 0.652. The molecule has 0 unspecified atom stereocenters. The van der Waals surface area contributed by atoms with E-state index < -0.39 is 11.7 Å². The second-order valence-electron chi connectivity index (χ2n) is 10.3. The van der Waals surface area contributed by atoms with Crippen molar-refractivity contribution in [1.29, 1.82) is 0 Å². The van der Waals surface area contributed by atoms with E-state index >= 15 is 0 Å². The van der Waals surface area contributed by atoms with Gasteiger partial charge in [0.15, 0.2) is 0 Å². The maximum atomic E-state index is 13.7. The average molecular weight is 540 g/mol. The Morgan fingerprint density at radius 3 is 2.37 bits per heavy atom. The molecule has 2 amide bonds. The Hall–Kier alpha value is -3.43. The van der Waals surface area contributed by atoms with E-state index in [9.17, 15) is 18.8 Å². The molecular formula is C28H31ClFN5O3. The number of rotatable bonds is 5. The van der Waals surface area contributed by atoms with E-state index in [0.29, 0.717) is 43.6 Å². The lowest BCUT2D eigenvalue weighted by atomic mass is 10.0. The highest BCUT2D eigenvalue weighted by molar-refractivity contribution is 6.45. The van der Waals surface area contributed by atoms with Crippen LogP contribution in [-0.2, 0) is 11.3 Å². The average Bonchev–Trinajstić information content (AvgIpc) is 3.54. The summed E-state index contributed by atoms with van der Waals surface area (Å²) in [6.45, 7) is 6.92. The highest BCUT2D eigenvalue weighted by Gasteiger charge is 2.34. The van der Waals surface area contributed by atoms with Gasteiger partial charge in [-0.1, -0.05) is 23.7 Å². The number of hydrogen-bond acceptors (Lipinski definition) is 5. The van der Waals surface area contributed by atoms with Crippen LogP contribution in [0, 0.1) is 5.82 Å². The Morgan fingerprint density at radius 2 is 1.68 bits per heavy atom. The molecule has 2 aliphatic heterocycles. The van der Waals surface area contributed by atoms with Gasteiger partial charge in [0, 0.05) is 56.4 Å². The standard InChI is InChI=1S/C28H31ClFN5O3/c1-17-14-34(18(2)13-33(17)15-19-5-7-20(30)8-6-19)27(37)22-11-21-23(16-35(31)25(21)12-24(22)29)26(36)28(38)32-9-3-4-10-32/h5-8,11-12,16-18H,3-4,9-10,13-15,31H2,1-2H3/t17-,18+/m0/s1. The molecule has 38 heavy (non-hydrogen) atoms. The zero-order valence-corrected chi connectivity index (χ0v) is 22.2. The van der Waals surface area contributed by atoms with Crippen LogP contribution in [-0.4, -0.2) is 75.2 Å². The Morgan fingerprint density at radius 1 is 1.00 bits per heavy atom. The number of fused-ring (bicyclic) bond motifs is 1. The molecule has 200 valence electrons. The van der Waals surface area contributed by atoms with Crippen molar-refractivity contribution >= 4 is 40.1 Å². The quantitative estimate of drug-likeness (QED) is 0.303.